The van der Waals surface area contributed by atoms with Crippen LogP contribution in [-0.2, 0) is 0 Å². The minimum Gasteiger partial charge on any atom is -0.322 e. The van der Waals surface area contributed by atoms with Gasteiger partial charge in [-0.2, -0.15) is 5.26 Å². The lowest BCUT2D eigenvalue weighted by Gasteiger charge is -2.01. The van der Waals surface area contributed by atoms with E-state index in [-0.39, 0.29) is 0 Å². The summed E-state index contributed by atoms with van der Waals surface area (Å²) in [5, 5.41) is 9.28. The number of nitriles is 1. The van der Waals surface area contributed by atoms with Crippen molar-refractivity contribution in [3.05, 3.63) is 78.6 Å². The van der Waals surface area contributed by atoms with Crippen molar-refractivity contribution in [1.82, 2.24) is 4.57 Å². The summed E-state index contributed by atoms with van der Waals surface area (Å²) in [6, 6.07) is 22.3. The molecule has 90 valence electrons. The Balaban J connectivity index is 2.13. The Bertz CT molecular complexity index is 719. The van der Waals surface area contributed by atoms with Crippen LogP contribution in [0.1, 0.15) is 5.56 Å². The lowest BCUT2D eigenvalue weighted by atomic mass is 10.1. The summed E-state index contributed by atoms with van der Waals surface area (Å²) in [5.41, 5.74) is 3.77. The Morgan fingerprint density at radius 2 is 1.42 bits per heavy atom. The average molecular weight is 244 g/mol. The van der Waals surface area contributed by atoms with E-state index in [1.807, 2.05) is 77.6 Å². The fourth-order valence-electron chi connectivity index (χ4n) is 2.14. The fourth-order valence-corrected chi connectivity index (χ4v) is 2.14. The molecule has 0 fully saturated rings. The molecule has 0 bridgehead atoms. The third-order valence-corrected chi connectivity index (χ3v) is 3.09. The van der Waals surface area contributed by atoms with E-state index in [2.05, 4.69) is 6.07 Å². The highest BCUT2D eigenvalue weighted by molar-refractivity contribution is 5.70. The Hall–Kier alpha value is -2.79. The van der Waals surface area contributed by atoms with Crippen LogP contribution in [0.15, 0.2) is 73.1 Å². The van der Waals surface area contributed by atoms with Crippen LogP contribution in [0.2, 0.25) is 0 Å². The van der Waals surface area contributed by atoms with Gasteiger partial charge in [0.1, 0.15) is 6.07 Å². The highest BCUT2D eigenvalue weighted by atomic mass is 14.9. The molecule has 0 radical (unpaired) electrons. The van der Waals surface area contributed by atoms with Crippen molar-refractivity contribution in [3.63, 3.8) is 0 Å². The van der Waals surface area contributed by atoms with Crippen LogP contribution in [0, 0.1) is 11.3 Å². The van der Waals surface area contributed by atoms with E-state index in [0.29, 0.717) is 5.56 Å². The molecule has 0 amide bonds. The van der Waals surface area contributed by atoms with Crippen molar-refractivity contribution in [3.8, 4) is 22.9 Å². The number of hydrogen-bond donors (Lipinski definition) is 0. The van der Waals surface area contributed by atoms with Crippen molar-refractivity contribution in [2.24, 2.45) is 0 Å². The quantitative estimate of drug-likeness (QED) is 0.669. The van der Waals surface area contributed by atoms with Crippen molar-refractivity contribution < 1.29 is 0 Å². The molecule has 2 heteroatoms. The van der Waals surface area contributed by atoms with Crippen molar-refractivity contribution in [2.75, 3.05) is 0 Å². The third kappa shape index (κ3) is 2.14. The topological polar surface area (TPSA) is 28.7 Å². The zero-order chi connectivity index (χ0) is 13.1. The highest BCUT2D eigenvalue weighted by Crippen LogP contribution is 2.25. The lowest BCUT2D eigenvalue weighted by molar-refractivity contribution is 1.08. The van der Waals surface area contributed by atoms with Crippen molar-refractivity contribution in [1.29, 1.82) is 5.26 Å². The molecule has 3 rings (SSSR count). The van der Waals surface area contributed by atoms with Gasteiger partial charge in [0.2, 0.25) is 0 Å². The van der Waals surface area contributed by atoms with Gasteiger partial charge < -0.3 is 4.57 Å². The third-order valence-electron chi connectivity index (χ3n) is 3.09. The van der Waals surface area contributed by atoms with Gasteiger partial charge in [-0.15, -0.1) is 0 Å². The largest absolute Gasteiger partial charge is 0.322 e. The first-order valence-electron chi connectivity index (χ1n) is 6.11. The molecule has 0 saturated carbocycles. The maximum absolute atomic E-state index is 9.28. The zero-order valence-corrected chi connectivity index (χ0v) is 10.3. The number of aromatic nitrogens is 1. The summed E-state index contributed by atoms with van der Waals surface area (Å²) in [4.78, 5) is 0. The molecule has 19 heavy (non-hydrogen) atoms. The molecular formula is C17H12N2. The van der Waals surface area contributed by atoms with Crippen LogP contribution in [0.5, 0.6) is 0 Å². The van der Waals surface area contributed by atoms with Gasteiger partial charge >= 0.3 is 0 Å². The molecule has 0 aliphatic rings. The molecule has 0 spiro atoms. The highest BCUT2D eigenvalue weighted by Gasteiger charge is 2.09. The van der Waals surface area contributed by atoms with Gasteiger partial charge in [0.15, 0.2) is 0 Å². The smallest absolute Gasteiger partial charge is 0.101 e. The average Bonchev–Trinajstić information content (AvgIpc) is 2.93. The van der Waals surface area contributed by atoms with Crippen molar-refractivity contribution >= 4 is 0 Å². The summed E-state index contributed by atoms with van der Waals surface area (Å²) in [6.07, 6.45) is 3.88. The maximum Gasteiger partial charge on any atom is 0.101 e. The predicted octanol–water partition coefficient (Wildman–Crippen LogP) is 4.02. The molecule has 0 N–H and O–H groups in total. The van der Waals surface area contributed by atoms with E-state index >= 15 is 0 Å². The molecule has 1 heterocycles. The van der Waals surface area contributed by atoms with E-state index < -0.39 is 0 Å². The first kappa shape index (κ1) is 11.3. The van der Waals surface area contributed by atoms with Crippen LogP contribution in [0.25, 0.3) is 16.8 Å². The van der Waals surface area contributed by atoms with Crippen LogP contribution >= 0.6 is 0 Å². The van der Waals surface area contributed by atoms with Gasteiger partial charge in [-0.25, -0.2) is 0 Å². The number of benzene rings is 2. The minimum atomic E-state index is 0.690. The first-order valence-corrected chi connectivity index (χ1v) is 6.11. The molecule has 2 nitrogen and oxygen atoms in total. The van der Waals surface area contributed by atoms with Crippen molar-refractivity contribution in [2.45, 2.75) is 0 Å². The van der Waals surface area contributed by atoms with E-state index in [1.54, 1.807) is 0 Å². The first-order chi connectivity index (χ1) is 9.38. The van der Waals surface area contributed by atoms with Crippen LogP contribution in [-0.4, -0.2) is 4.57 Å². The molecular weight excluding hydrogens is 232 g/mol. The molecule has 0 saturated heterocycles. The summed E-state index contributed by atoms with van der Waals surface area (Å²) in [6.45, 7) is 0. The van der Waals surface area contributed by atoms with Gasteiger partial charge in [-0.3, -0.25) is 0 Å². The standard InChI is InChI=1S/C17H12N2/c18-11-15-12-19(16-9-5-2-6-10-16)13-17(15)14-7-3-1-4-8-14/h1-10,12-13H. The molecule has 0 aliphatic heterocycles. The second-order valence-corrected chi connectivity index (χ2v) is 4.31. The van der Waals surface area contributed by atoms with Gasteiger partial charge in [-0.05, 0) is 17.7 Å². The SMILES string of the molecule is N#Cc1cn(-c2ccccc2)cc1-c1ccccc1. The van der Waals surface area contributed by atoms with Crippen LogP contribution in [0.4, 0.5) is 0 Å². The normalized spacial score (nSPS) is 10.1. The van der Waals surface area contributed by atoms with E-state index in [9.17, 15) is 5.26 Å². The summed E-state index contributed by atoms with van der Waals surface area (Å²) in [5.74, 6) is 0. The van der Waals surface area contributed by atoms with E-state index in [0.717, 1.165) is 16.8 Å². The minimum absolute atomic E-state index is 0.690. The number of para-hydroxylation sites is 1. The monoisotopic (exact) mass is 244 g/mol. The molecule has 0 atom stereocenters. The van der Waals surface area contributed by atoms with Gasteiger partial charge in [0, 0.05) is 23.6 Å². The Labute approximate surface area is 112 Å². The van der Waals surface area contributed by atoms with Crippen LogP contribution in [0.3, 0.4) is 0 Å². The summed E-state index contributed by atoms with van der Waals surface area (Å²) < 4.78 is 1.99. The molecule has 2 aromatic carbocycles. The second kappa shape index (κ2) is 4.83. The number of hydrogen-bond acceptors (Lipinski definition) is 1. The Kier molecular flexibility index (Phi) is 2.88. The van der Waals surface area contributed by atoms with Gasteiger partial charge in [0.25, 0.3) is 0 Å². The van der Waals surface area contributed by atoms with Gasteiger partial charge in [-0.1, -0.05) is 48.5 Å². The lowest BCUT2D eigenvalue weighted by Crippen LogP contribution is -1.87. The maximum atomic E-state index is 9.28. The number of rotatable bonds is 2. The number of nitrogens with zero attached hydrogens (tertiary/aromatic N) is 2. The second-order valence-electron chi connectivity index (χ2n) is 4.31. The molecule has 1 aromatic heterocycles. The molecule has 0 unspecified atom stereocenters. The van der Waals surface area contributed by atoms with Crippen LogP contribution < -0.4 is 0 Å². The van der Waals surface area contributed by atoms with E-state index in [4.69, 9.17) is 0 Å². The van der Waals surface area contributed by atoms with E-state index in [1.165, 1.54) is 0 Å². The Morgan fingerprint density at radius 3 is 2.05 bits per heavy atom. The summed E-state index contributed by atoms with van der Waals surface area (Å²) >= 11 is 0. The Morgan fingerprint density at radius 1 is 0.789 bits per heavy atom. The summed E-state index contributed by atoms with van der Waals surface area (Å²) in [7, 11) is 0. The van der Waals surface area contributed by atoms with Gasteiger partial charge in [0.05, 0.1) is 5.56 Å². The predicted molar refractivity (Wildman–Crippen MR) is 75.9 cm³/mol. The molecule has 3 aromatic rings. The molecule has 0 aliphatic carbocycles. The fraction of sp³-hybridized carbons (Fsp3) is 0. The zero-order valence-electron chi connectivity index (χ0n) is 10.3.